The molecule has 0 radical (unpaired) electrons. The minimum Gasteiger partial charge on any atom is -0.451 e. The van der Waals surface area contributed by atoms with E-state index in [4.69, 9.17) is 4.42 Å². The highest BCUT2D eigenvalue weighted by molar-refractivity contribution is 7.09. The Morgan fingerprint density at radius 1 is 0.839 bits per heavy atom. The molecule has 14 nitrogen and oxygen atoms in total. The van der Waals surface area contributed by atoms with Crippen LogP contribution in [-0.2, 0) is 16.0 Å². The Morgan fingerprint density at radius 2 is 1.52 bits per heavy atom. The average molecular weight is 861 g/mol. The second-order valence-corrected chi connectivity index (χ2v) is 16.2. The number of furan rings is 1. The van der Waals surface area contributed by atoms with Crippen LogP contribution in [0.15, 0.2) is 99.8 Å². The Bertz CT molecular complexity index is 2680. The predicted octanol–water partition coefficient (Wildman–Crippen LogP) is 7.42. The van der Waals surface area contributed by atoms with Crippen molar-refractivity contribution in [3.63, 3.8) is 0 Å². The SMILES string of the molecule is CC.CC(C(=O)N1CCC=C(c2ccc3cc(C(=O)N(C)C)[nH]c3c2)C1)n1ccccc1=O.CN(C)C(=O)c1cc2cc(C3=CCCN(C(=O)CCc4nncs4)C3)ccc2o1.[HH]. The van der Waals surface area contributed by atoms with Crippen LogP contribution in [0.1, 0.15) is 84.7 Å². The maximum atomic E-state index is 13.1. The lowest BCUT2D eigenvalue weighted by molar-refractivity contribution is -0.134. The minimum atomic E-state index is -0.557. The number of aryl methyl sites for hydroxylation is 1. The normalized spacial score (nSPS) is 14.2. The average Bonchev–Trinajstić information content (AvgIpc) is 4.08. The summed E-state index contributed by atoms with van der Waals surface area (Å²) in [5, 5.41) is 10.6. The van der Waals surface area contributed by atoms with Crippen LogP contribution in [0.3, 0.4) is 0 Å². The van der Waals surface area contributed by atoms with Crippen LogP contribution in [0.2, 0.25) is 0 Å². The van der Waals surface area contributed by atoms with E-state index < -0.39 is 6.04 Å². The first kappa shape index (κ1) is 44.9. The zero-order valence-electron chi connectivity index (χ0n) is 36.4. The maximum absolute atomic E-state index is 13.1. The number of hydrogen-bond acceptors (Lipinski definition) is 9. The van der Waals surface area contributed by atoms with Gasteiger partial charge in [0, 0.05) is 97.2 Å². The zero-order valence-corrected chi connectivity index (χ0v) is 37.2. The van der Waals surface area contributed by atoms with E-state index in [0.29, 0.717) is 49.5 Å². The van der Waals surface area contributed by atoms with Gasteiger partial charge in [0.05, 0.1) is 0 Å². The molecule has 0 aliphatic carbocycles. The highest BCUT2D eigenvalue weighted by Gasteiger charge is 2.26. The Kier molecular flexibility index (Phi) is 14.7. The van der Waals surface area contributed by atoms with Gasteiger partial charge in [0.25, 0.3) is 17.4 Å². The molecule has 326 valence electrons. The molecule has 2 aliphatic rings. The van der Waals surface area contributed by atoms with Crippen molar-refractivity contribution in [3.05, 3.63) is 129 Å². The third-order valence-electron chi connectivity index (χ3n) is 10.7. The van der Waals surface area contributed by atoms with Crippen molar-refractivity contribution in [2.24, 2.45) is 0 Å². The first-order valence-electron chi connectivity index (χ1n) is 20.8. The number of H-pyrrole nitrogens is 1. The molecule has 0 saturated carbocycles. The molecule has 0 spiro atoms. The van der Waals surface area contributed by atoms with Gasteiger partial charge in [0.15, 0.2) is 5.76 Å². The van der Waals surface area contributed by atoms with Crippen LogP contribution in [0.25, 0.3) is 33.0 Å². The molecule has 8 rings (SSSR count). The smallest absolute Gasteiger partial charge is 0.289 e. The molecule has 1 N–H and O–H groups in total. The third kappa shape index (κ3) is 10.5. The van der Waals surface area contributed by atoms with Crippen molar-refractivity contribution in [2.75, 3.05) is 54.4 Å². The molecule has 6 heterocycles. The number of nitrogens with zero attached hydrogens (tertiary/aromatic N) is 7. The highest BCUT2D eigenvalue weighted by atomic mass is 32.1. The Morgan fingerprint density at radius 3 is 2.19 bits per heavy atom. The van der Waals surface area contributed by atoms with Crippen LogP contribution in [0.4, 0.5) is 0 Å². The van der Waals surface area contributed by atoms with Crippen molar-refractivity contribution in [2.45, 2.75) is 52.5 Å². The van der Waals surface area contributed by atoms with Crippen LogP contribution in [0, 0.1) is 0 Å². The van der Waals surface area contributed by atoms with Gasteiger partial charge in [-0.2, -0.15) is 0 Å². The lowest BCUT2D eigenvalue weighted by Gasteiger charge is -2.30. The molecular formula is C47H56N8O6S. The van der Waals surface area contributed by atoms with E-state index in [2.05, 4.69) is 27.3 Å². The second kappa shape index (κ2) is 20.3. The van der Waals surface area contributed by atoms with E-state index in [1.807, 2.05) is 61.2 Å². The van der Waals surface area contributed by atoms with Gasteiger partial charge in [-0.1, -0.05) is 50.3 Å². The lowest BCUT2D eigenvalue weighted by atomic mass is 9.99. The number of aromatic amines is 1. The molecular weight excluding hydrogens is 805 g/mol. The topological polar surface area (TPSA) is 158 Å². The molecule has 4 amide bonds. The first-order chi connectivity index (χ1) is 29.9. The van der Waals surface area contributed by atoms with Crippen molar-refractivity contribution >= 4 is 68.0 Å². The summed E-state index contributed by atoms with van der Waals surface area (Å²) < 4.78 is 7.14. The van der Waals surface area contributed by atoms with Crippen LogP contribution in [-0.4, -0.2) is 117 Å². The van der Waals surface area contributed by atoms with E-state index in [9.17, 15) is 24.0 Å². The predicted molar refractivity (Wildman–Crippen MR) is 246 cm³/mol. The van der Waals surface area contributed by atoms with Gasteiger partial charge in [0.1, 0.15) is 27.8 Å². The Labute approximate surface area is 366 Å². The van der Waals surface area contributed by atoms with E-state index in [-0.39, 0.29) is 30.6 Å². The molecule has 6 aromatic rings. The van der Waals surface area contributed by atoms with E-state index >= 15 is 0 Å². The largest absolute Gasteiger partial charge is 0.451 e. The quantitative estimate of drug-likeness (QED) is 0.157. The first-order valence-corrected chi connectivity index (χ1v) is 21.7. The minimum absolute atomic E-state index is 0. The number of amides is 4. The monoisotopic (exact) mass is 860 g/mol. The number of nitrogens with one attached hydrogen (secondary N) is 1. The standard InChI is InChI=1S/C24H26N4O3.C21H22N4O3S.C2H6.H2/c1-16(28-12-5-4-8-22(28)29)23(30)27-11-6-7-19(15-27)17-9-10-18-14-21(24(31)26(2)3)25-20(18)13-17;1-24(2)21(27)18-11-16-10-14(5-6-17(16)28-18)15-4-3-9-25(12-15)20(26)8-7-19-23-22-13-29-19;1-2;/h4-5,7-10,12-14,16,25H,6,11,15H2,1-3H3;4-6,10-11,13H,3,7-9,12H2,1-2H3;1-2H3;1H. The summed E-state index contributed by atoms with van der Waals surface area (Å²) >= 11 is 1.48. The molecule has 2 aromatic carbocycles. The molecule has 15 heteroatoms. The van der Waals surface area contributed by atoms with Gasteiger partial charge in [-0.3, -0.25) is 24.0 Å². The van der Waals surface area contributed by atoms with Crippen molar-refractivity contribution in [3.8, 4) is 0 Å². The number of aromatic nitrogens is 4. The Balaban J connectivity index is 0.000000226. The van der Waals surface area contributed by atoms with E-state index in [1.165, 1.54) is 31.8 Å². The fourth-order valence-electron chi connectivity index (χ4n) is 7.38. The van der Waals surface area contributed by atoms with Crippen molar-refractivity contribution in [1.82, 2.24) is 39.3 Å². The van der Waals surface area contributed by atoms with Gasteiger partial charge in [-0.05, 0) is 78.4 Å². The van der Waals surface area contributed by atoms with Gasteiger partial charge >= 0.3 is 0 Å². The maximum Gasteiger partial charge on any atom is 0.289 e. The lowest BCUT2D eigenvalue weighted by Crippen LogP contribution is -2.41. The number of pyridine rings is 1. The second-order valence-electron chi connectivity index (χ2n) is 15.3. The molecule has 1 atom stereocenters. The fourth-order valence-corrected chi connectivity index (χ4v) is 7.91. The summed E-state index contributed by atoms with van der Waals surface area (Å²) in [6.45, 7) is 8.19. The van der Waals surface area contributed by atoms with Crippen LogP contribution in [0.5, 0.6) is 0 Å². The highest BCUT2D eigenvalue weighted by Crippen LogP contribution is 2.29. The molecule has 62 heavy (non-hydrogen) atoms. The third-order valence-corrected chi connectivity index (χ3v) is 11.4. The number of carbonyl (C=O) groups excluding carboxylic acids is 4. The van der Waals surface area contributed by atoms with Crippen molar-refractivity contribution in [1.29, 1.82) is 0 Å². The van der Waals surface area contributed by atoms with Gasteiger partial charge in [-0.15, -0.1) is 21.5 Å². The zero-order chi connectivity index (χ0) is 44.5. The van der Waals surface area contributed by atoms with E-state index in [1.54, 1.807) is 69.9 Å². The summed E-state index contributed by atoms with van der Waals surface area (Å²) in [6, 6.07) is 19.9. The fraction of sp³-hybridized carbons (Fsp3) is 0.340. The summed E-state index contributed by atoms with van der Waals surface area (Å²) in [6.07, 6.45) is 8.64. The van der Waals surface area contributed by atoms with Gasteiger partial charge < -0.3 is 33.6 Å². The summed E-state index contributed by atoms with van der Waals surface area (Å²) in [4.78, 5) is 72.1. The Hall–Kier alpha value is -6.61. The molecule has 0 bridgehead atoms. The van der Waals surface area contributed by atoms with Crippen molar-refractivity contribution < 1.29 is 25.0 Å². The number of hydrogen-bond donors (Lipinski definition) is 1. The molecule has 0 saturated heterocycles. The number of rotatable bonds is 9. The summed E-state index contributed by atoms with van der Waals surface area (Å²) in [7, 11) is 6.85. The van der Waals surface area contributed by atoms with Gasteiger partial charge in [0.2, 0.25) is 11.8 Å². The van der Waals surface area contributed by atoms with E-state index in [0.717, 1.165) is 63.0 Å². The number of benzene rings is 2. The molecule has 2 aliphatic heterocycles. The van der Waals surface area contributed by atoms with Crippen LogP contribution >= 0.6 is 11.3 Å². The summed E-state index contributed by atoms with van der Waals surface area (Å²) in [5.41, 5.74) is 7.85. The number of carbonyl (C=O) groups is 4. The number of fused-ring (bicyclic) bond motifs is 2. The molecule has 1 unspecified atom stereocenters. The summed E-state index contributed by atoms with van der Waals surface area (Å²) in [5.74, 6) is 0.157. The van der Waals surface area contributed by atoms with Gasteiger partial charge in [-0.25, -0.2) is 0 Å². The molecule has 4 aromatic heterocycles. The van der Waals surface area contributed by atoms with Crippen LogP contribution < -0.4 is 5.56 Å². The molecule has 0 fully saturated rings.